The van der Waals surface area contributed by atoms with Gasteiger partial charge in [0, 0.05) is 0 Å². The van der Waals surface area contributed by atoms with Gasteiger partial charge in [0.15, 0.2) is 0 Å². The van der Waals surface area contributed by atoms with E-state index < -0.39 is 0 Å². The van der Waals surface area contributed by atoms with Crippen LogP contribution in [0.25, 0.3) is 0 Å². The molecule has 0 N–H and O–H groups in total. The van der Waals surface area contributed by atoms with E-state index in [-0.39, 0.29) is 0 Å². The molecule has 0 unspecified atom stereocenters. The van der Waals surface area contributed by atoms with Crippen molar-refractivity contribution in [3.8, 4) is 0 Å². The van der Waals surface area contributed by atoms with Crippen molar-refractivity contribution in [2.45, 2.75) is 77.6 Å². The third kappa shape index (κ3) is 15.2. The smallest absolute Gasteiger partial charge is 0.0351 e. The van der Waals surface area contributed by atoms with Gasteiger partial charge < -0.3 is 0 Å². The summed E-state index contributed by atoms with van der Waals surface area (Å²) in [5.74, 6) is 0. The minimum absolute atomic E-state index is 1.16. The minimum atomic E-state index is 1.16. The van der Waals surface area contributed by atoms with Crippen LogP contribution in [0.2, 0.25) is 0 Å². The Balaban J connectivity index is 3.12. The van der Waals surface area contributed by atoms with E-state index in [2.05, 4.69) is 37.8 Å². The molecule has 0 aromatic heterocycles. The Kier molecular flexibility index (Phi) is 15.5. The maximum absolute atomic E-state index is 3.74. The molecule has 0 atom stereocenters. The molecule has 0 saturated carbocycles. The van der Waals surface area contributed by atoms with Gasteiger partial charge in [0.05, 0.1) is 0 Å². The predicted molar refractivity (Wildman–Crippen MR) is 84.9 cm³/mol. The van der Waals surface area contributed by atoms with Crippen LogP contribution in [0.5, 0.6) is 0 Å². The van der Waals surface area contributed by atoms with Gasteiger partial charge in [0.1, 0.15) is 0 Å². The summed E-state index contributed by atoms with van der Waals surface area (Å²) in [6, 6.07) is 0. The zero-order chi connectivity index (χ0) is 13.3. The second kappa shape index (κ2) is 16.2. The summed E-state index contributed by atoms with van der Waals surface area (Å²) in [6.07, 6.45) is 25.5. The van der Waals surface area contributed by atoms with Crippen molar-refractivity contribution in [3.05, 3.63) is 37.0 Å². The first-order valence-corrected chi connectivity index (χ1v) is 7.82. The Morgan fingerprint density at radius 1 is 0.611 bits per heavy atom. The molecular weight excluding hydrogens is 216 g/mol. The van der Waals surface area contributed by atoms with E-state index in [1.165, 1.54) is 64.2 Å². The third-order valence-electron chi connectivity index (χ3n) is 3.08. The highest BCUT2D eigenvalue weighted by atomic mass is 13.9. The van der Waals surface area contributed by atoms with Gasteiger partial charge in [0.2, 0.25) is 0 Å². The standard InChI is InChI=1S/C18H32/c1-3-5-7-9-11-13-15-17-18-16-14-12-10-8-6-4-2/h3,10,12-13,15H,1,4-9,11,14,16-18H2,2H3. The molecule has 0 amide bonds. The first kappa shape index (κ1) is 17.2. The van der Waals surface area contributed by atoms with Crippen LogP contribution in [-0.2, 0) is 0 Å². The molecule has 0 heterocycles. The van der Waals surface area contributed by atoms with Gasteiger partial charge in [-0.15, -0.1) is 6.58 Å². The van der Waals surface area contributed by atoms with Crippen LogP contribution in [0, 0.1) is 0 Å². The molecule has 0 spiro atoms. The van der Waals surface area contributed by atoms with Crippen LogP contribution >= 0.6 is 0 Å². The lowest BCUT2D eigenvalue weighted by atomic mass is 10.1. The summed E-state index contributed by atoms with van der Waals surface area (Å²) in [5, 5.41) is 0. The Labute approximate surface area is 115 Å². The van der Waals surface area contributed by atoms with Gasteiger partial charge in [0.25, 0.3) is 0 Å². The highest BCUT2D eigenvalue weighted by Gasteiger charge is 1.85. The lowest BCUT2D eigenvalue weighted by Gasteiger charge is -1.95. The van der Waals surface area contributed by atoms with Gasteiger partial charge in [-0.25, -0.2) is 0 Å². The van der Waals surface area contributed by atoms with Crippen LogP contribution in [0.1, 0.15) is 77.6 Å². The summed E-state index contributed by atoms with van der Waals surface area (Å²) >= 11 is 0. The lowest BCUT2D eigenvalue weighted by molar-refractivity contribution is 0.743. The maximum atomic E-state index is 3.74. The second-order valence-electron chi connectivity index (χ2n) is 4.94. The Hall–Kier alpha value is -0.780. The molecule has 0 saturated heterocycles. The molecule has 18 heavy (non-hydrogen) atoms. The molecule has 0 heteroatoms. The monoisotopic (exact) mass is 248 g/mol. The molecule has 0 aromatic rings. The van der Waals surface area contributed by atoms with Crippen molar-refractivity contribution in [2.75, 3.05) is 0 Å². The molecule has 0 aliphatic heterocycles. The summed E-state index contributed by atoms with van der Waals surface area (Å²) < 4.78 is 0. The summed E-state index contributed by atoms with van der Waals surface area (Å²) in [4.78, 5) is 0. The number of rotatable bonds is 13. The van der Waals surface area contributed by atoms with E-state index in [4.69, 9.17) is 0 Å². The number of hydrogen-bond donors (Lipinski definition) is 0. The molecule has 0 rings (SSSR count). The Bertz CT molecular complexity index is 210. The molecule has 0 nitrogen and oxygen atoms in total. The number of allylic oxidation sites excluding steroid dienone is 5. The molecule has 104 valence electrons. The fraction of sp³-hybridized carbons (Fsp3) is 0.667. The highest BCUT2D eigenvalue weighted by Crippen LogP contribution is 2.05. The van der Waals surface area contributed by atoms with Crippen molar-refractivity contribution in [2.24, 2.45) is 0 Å². The normalized spacial score (nSPS) is 11.6. The molecule has 0 aromatic carbocycles. The van der Waals surface area contributed by atoms with E-state index in [0.717, 1.165) is 6.42 Å². The predicted octanol–water partition coefficient (Wildman–Crippen LogP) is 6.60. The summed E-state index contributed by atoms with van der Waals surface area (Å²) in [5.41, 5.74) is 0. The first-order valence-electron chi connectivity index (χ1n) is 7.82. The van der Waals surface area contributed by atoms with Crippen LogP contribution in [-0.4, -0.2) is 0 Å². The van der Waals surface area contributed by atoms with Crippen LogP contribution in [0.15, 0.2) is 37.0 Å². The van der Waals surface area contributed by atoms with Gasteiger partial charge in [-0.2, -0.15) is 0 Å². The number of unbranched alkanes of at least 4 members (excludes halogenated alkanes) is 8. The van der Waals surface area contributed by atoms with Gasteiger partial charge in [-0.05, 0) is 57.8 Å². The molecular formula is C18H32. The molecule has 0 bridgehead atoms. The fourth-order valence-electron chi connectivity index (χ4n) is 1.87. The second-order valence-corrected chi connectivity index (χ2v) is 4.94. The quantitative estimate of drug-likeness (QED) is 0.254. The zero-order valence-corrected chi connectivity index (χ0v) is 12.4. The average Bonchev–Trinajstić information content (AvgIpc) is 2.39. The molecule has 0 fully saturated rings. The maximum Gasteiger partial charge on any atom is -0.0351 e. The van der Waals surface area contributed by atoms with Crippen LogP contribution < -0.4 is 0 Å². The molecule has 0 radical (unpaired) electrons. The lowest BCUT2D eigenvalue weighted by Crippen LogP contribution is -1.75. The average molecular weight is 248 g/mol. The van der Waals surface area contributed by atoms with Crippen molar-refractivity contribution in [1.82, 2.24) is 0 Å². The first-order chi connectivity index (χ1) is 8.91. The van der Waals surface area contributed by atoms with Gasteiger partial charge in [-0.3, -0.25) is 0 Å². The van der Waals surface area contributed by atoms with Crippen LogP contribution in [0.4, 0.5) is 0 Å². The van der Waals surface area contributed by atoms with E-state index in [0.29, 0.717) is 0 Å². The minimum Gasteiger partial charge on any atom is -0.103 e. The fourth-order valence-corrected chi connectivity index (χ4v) is 1.87. The molecule has 0 aliphatic rings. The zero-order valence-electron chi connectivity index (χ0n) is 12.4. The summed E-state index contributed by atoms with van der Waals surface area (Å²) in [6.45, 7) is 5.98. The van der Waals surface area contributed by atoms with Crippen molar-refractivity contribution >= 4 is 0 Å². The third-order valence-corrected chi connectivity index (χ3v) is 3.08. The van der Waals surface area contributed by atoms with E-state index in [1.54, 1.807) is 0 Å². The Morgan fingerprint density at radius 2 is 1.00 bits per heavy atom. The van der Waals surface area contributed by atoms with Crippen molar-refractivity contribution < 1.29 is 0 Å². The summed E-state index contributed by atoms with van der Waals surface area (Å²) in [7, 11) is 0. The van der Waals surface area contributed by atoms with E-state index in [9.17, 15) is 0 Å². The largest absolute Gasteiger partial charge is 0.103 e. The van der Waals surface area contributed by atoms with Gasteiger partial charge >= 0.3 is 0 Å². The Morgan fingerprint density at radius 3 is 1.39 bits per heavy atom. The SMILES string of the molecule is C=CCCCCC=CCCCCC=CCCCC. The topological polar surface area (TPSA) is 0 Å². The highest BCUT2D eigenvalue weighted by molar-refractivity contribution is 4.84. The van der Waals surface area contributed by atoms with Gasteiger partial charge in [-0.1, -0.05) is 50.1 Å². The number of hydrogen-bond acceptors (Lipinski definition) is 0. The molecule has 0 aliphatic carbocycles. The van der Waals surface area contributed by atoms with E-state index >= 15 is 0 Å². The van der Waals surface area contributed by atoms with Crippen molar-refractivity contribution in [3.63, 3.8) is 0 Å². The van der Waals surface area contributed by atoms with Crippen LogP contribution in [0.3, 0.4) is 0 Å². The van der Waals surface area contributed by atoms with E-state index in [1.807, 2.05) is 6.08 Å². The van der Waals surface area contributed by atoms with Crippen molar-refractivity contribution in [1.29, 1.82) is 0 Å².